The molecule has 3 amide bonds. The molecule has 2 N–H and O–H groups in total. The maximum absolute atomic E-state index is 14.1. The van der Waals surface area contributed by atoms with Gasteiger partial charge in [-0.3, -0.25) is 9.80 Å². The lowest BCUT2D eigenvalue weighted by Crippen LogP contribution is -2.53. The monoisotopic (exact) mass is 373 g/mol. The Labute approximate surface area is 135 Å². The number of rotatable bonds is 1. The highest BCUT2D eigenvalue weighted by atomic mass is 19.4. The molecule has 138 valence electrons. The van der Waals surface area contributed by atoms with Crippen molar-refractivity contribution < 1.29 is 40.3 Å². The lowest BCUT2D eigenvalue weighted by atomic mass is 9.91. The molecule has 0 aliphatic carbocycles. The molecule has 0 atom stereocenters. The first kappa shape index (κ1) is 19.0. The van der Waals surface area contributed by atoms with Gasteiger partial charge in [0.1, 0.15) is 0 Å². The molecule has 1 heterocycles. The first-order valence-corrected chi connectivity index (χ1v) is 6.54. The Morgan fingerprint density at radius 2 is 1.60 bits per heavy atom. The van der Waals surface area contributed by atoms with Crippen LogP contribution in [0.4, 0.5) is 41.2 Å². The number of benzene rings is 1. The number of hydrazine groups is 1. The summed E-state index contributed by atoms with van der Waals surface area (Å²) in [7, 11) is 0. The van der Waals surface area contributed by atoms with Crippen LogP contribution in [0.15, 0.2) is 18.2 Å². The first-order chi connectivity index (χ1) is 11.2. The largest absolute Gasteiger partial charge is 0.435 e. The third-order valence-electron chi connectivity index (χ3n) is 3.59. The Bertz CT molecular complexity index is 715. The number of carbonyl (C=O) groups is 2. The predicted molar refractivity (Wildman–Crippen MR) is 69.6 cm³/mol. The summed E-state index contributed by atoms with van der Waals surface area (Å²) in [6.45, 7) is 0.344. The molecule has 0 spiro atoms. The molecule has 0 bridgehead atoms. The summed E-state index contributed by atoms with van der Waals surface area (Å²) in [4.78, 5) is 23.8. The van der Waals surface area contributed by atoms with Gasteiger partial charge in [0.2, 0.25) is 5.91 Å². The summed E-state index contributed by atoms with van der Waals surface area (Å²) in [5, 5.41) is 0.411. The maximum Gasteiger partial charge on any atom is 0.435 e. The molecule has 0 saturated carbocycles. The van der Waals surface area contributed by atoms with Crippen LogP contribution in [-0.2, 0) is 17.0 Å². The Kier molecular flexibility index (Phi) is 4.23. The number of hydrogen-bond acceptors (Lipinski definition) is 3. The molecule has 12 heteroatoms. The molecular weight excluding hydrogens is 363 g/mol. The van der Waals surface area contributed by atoms with Crippen LogP contribution >= 0.6 is 0 Å². The first-order valence-electron chi connectivity index (χ1n) is 6.54. The molecule has 5 nitrogen and oxygen atoms in total. The summed E-state index contributed by atoms with van der Waals surface area (Å²) in [5.74, 6) is 4.44. The molecule has 1 aliphatic heterocycles. The predicted octanol–water partition coefficient (Wildman–Crippen LogP) is 3.14. The molecule has 1 aliphatic rings. The molecular formula is C13H10F7N3O2. The quantitative estimate of drug-likeness (QED) is 0.467. The smallest absolute Gasteiger partial charge is 0.274 e. The molecule has 0 fully saturated rings. The summed E-state index contributed by atoms with van der Waals surface area (Å²) in [6.07, 6.45) is -12.5. The van der Waals surface area contributed by atoms with E-state index in [0.29, 0.717) is 22.0 Å². The zero-order valence-corrected chi connectivity index (χ0v) is 12.4. The van der Waals surface area contributed by atoms with E-state index in [1.54, 1.807) is 0 Å². The number of hydrogen-bond donors (Lipinski definition) is 1. The lowest BCUT2D eigenvalue weighted by Gasteiger charge is -2.35. The Morgan fingerprint density at radius 3 is 2.04 bits per heavy atom. The highest BCUT2D eigenvalue weighted by molar-refractivity contribution is 6.14. The van der Waals surface area contributed by atoms with Gasteiger partial charge in [0, 0.05) is 12.5 Å². The number of urea groups is 1. The van der Waals surface area contributed by atoms with E-state index in [1.165, 1.54) is 0 Å². The van der Waals surface area contributed by atoms with Crippen molar-refractivity contribution in [2.24, 2.45) is 5.84 Å². The van der Waals surface area contributed by atoms with E-state index in [4.69, 9.17) is 5.84 Å². The minimum atomic E-state index is -6.27. The Balaban J connectivity index is 2.67. The third-order valence-corrected chi connectivity index (χ3v) is 3.59. The number of alkyl halides is 7. The highest BCUT2D eigenvalue weighted by Gasteiger charge is 2.73. The number of halogens is 7. The lowest BCUT2D eigenvalue weighted by molar-refractivity contribution is -0.348. The van der Waals surface area contributed by atoms with Crippen LogP contribution < -0.4 is 10.7 Å². The van der Waals surface area contributed by atoms with E-state index in [0.717, 1.165) is 6.92 Å². The number of imide groups is 1. The van der Waals surface area contributed by atoms with Gasteiger partial charge in [-0.25, -0.2) is 19.9 Å². The zero-order valence-electron chi connectivity index (χ0n) is 12.4. The van der Waals surface area contributed by atoms with E-state index in [9.17, 15) is 40.3 Å². The topological polar surface area (TPSA) is 66.6 Å². The summed E-state index contributed by atoms with van der Waals surface area (Å²) in [6, 6.07) is 0.141. The minimum absolute atomic E-state index is 0.231. The van der Waals surface area contributed by atoms with E-state index < -0.39 is 42.1 Å². The van der Waals surface area contributed by atoms with Gasteiger partial charge < -0.3 is 0 Å². The summed E-state index contributed by atoms with van der Waals surface area (Å²) in [5.41, 5.74) is -7.95. The molecule has 0 radical (unpaired) electrons. The number of amides is 3. The number of nitrogens with two attached hydrogens (primary N) is 1. The maximum atomic E-state index is 14.1. The van der Waals surface area contributed by atoms with Gasteiger partial charge in [0.25, 0.3) is 0 Å². The fraction of sp³-hybridized carbons (Fsp3) is 0.385. The summed E-state index contributed by atoms with van der Waals surface area (Å²) >= 11 is 0. The van der Waals surface area contributed by atoms with Crippen molar-refractivity contribution in [1.82, 2.24) is 5.01 Å². The van der Waals surface area contributed by atoms with Gasteiger partial charge in [-0.15, -0.1) is 0 Å². The number of carbonyl (C=O) groups excluding carboxylic acids is 2. The number of anilines is 1. The second kappa shape index (κ2) is 5.58. The van der Waals surface area contributed by atoms with E-state index in [-0.39, 0.29) is 17.3 Å². The molecule has 1 aromatic rings. The van der Waals surface area contributed by atoms with Gasteiger partial charge in [-0.05, 0) is 17.7 Å². The van der Waals surface area contributed by atoms with Crippen molar-refractivity contribution in [3.8, 4) is 0 Å². The molecule has 0 unspecified atom stereocenters. The van der Waals surface area contributed by atoms with Gasteiger partial charge in [-0.2, -0.15) is 26.3 Å². The van der Waals surface area contributed by atoms with Crippen molar-refractivity contribution in [3.05, 3.63) is 29.3 Å². The molecule has 0 saturated heterocycles. The van der Waals surface area contributed by atoms with Gasteiger partial charge in [0.05, 0.1) is 12.2 Å². The van der Waals surface area contributed by atoms with Crippen LogP contribution in [0.1, 0.15) is 18.1 Å². The highest BCUT2D eigenvalue weighted by Crippen LogP contribution is 2.53. The fourth-order valence-electron chi connectivity index (χ4n) is 2.42. The van der Waals surface area contributed by atoms with E-state index in [2.05, 4.69) is 0 Å². The second-order valence-electron chi connectivity index (χ2n) is 5.26. The number of nitrogens with zero attached hydrogens (tertiary/aromatic N) is 2. The standard InChI is InChI=1S/C13H10F7N3O2/c1-6(24)23-9-3-2-8(4-7(9)5-22(21)10(23)25)11(14,12(15,16)17)13(18,19)20/h2-4H,5,21H2,1H3. The second-order valence-corrected chi connectivity index (χ2v) is 5.26. The molecule has 0 aromatic heterocycles. The van der Waals surface area contributed by atoms with Crippen molar-refractivity contribution in [3.63, 3.8) is 0 Å². The fourth-order valence-corrected chi connectivity index (χ4v) is 2.42. The van der Waals surface area contributed by atoms with Crippen molar-refractivity contribution in [2.75, 3.05) is 4.90 Å². The van der Waals surface area contributed by atoms with Gasteiger partial charge in [-0.1, -0.05) is 6.07 Å². The van der Waals surface area contributed by atoms with Crippen LogP contribution in [0, 0.1) is 0 Å². The zero-order chi connectivity index (χ0) is 19.4. The third kappa shape index (κ3) is 2.79. The van der Waals surface area contributed by atoms with Crippen LogP contribution in [0.3, 0.4) is 0 Å². The Hall–Kier alpha value is -2.37. The van der Waals surface area contributed by atoms with Crippen LogP contribution in [0.5, 0.6) is 0 Å². The van der Waals surface area contributed by atoms with Crippen LogP contribution in [-0.4, -0.2) is 29.3 Å². The van der Waals surface area contributed by atoms with Crippen molar-refractivity contribution >= 4 is 17.6 Å². The van der Waals surface area contributed by atoms with Crippen LogP contribution in [0.25, 0.3) is 0 Å². The normalized spacial score (nSPS) is 16.1. The SMILES string of the molecule is CC(=O)N1C(=O)N(N)Cc2cc(C(F)(C(F)(F)F)C(F)(F)F)ccc21. The molecule has 1 aromatic carbocycles. The number of fused-ring (bicyclic) bond motifs is 1. The van der Waals surface area contributed by atoms with Crippen LogP contribution in [0.2, 0.25) is 0 Å². The van der Waals surface area contributed by atoms with E-state index in [1.807, 2.05) is 0 Å². The van der Waals surface area contributed by atoms with Crippen molar-refractivity contribution in [1.29, 1.82) is 0 Å². The van der Waals surface area contributed by atoms with Gasteiger partial charge >= 0.3 is 24.1 Å². The van der Waals surface area contributed by atoms with Crippen molar-refractivity contribution in [2.45, 2.75) is 31.5 Å². The molecule has 2 rings (SSSR count). The Morgan fingerprint density at radius 1 is 1.08 bits per heavy atom. The molecule has 25 heavy (non-hydrogen) atoms. The van der Waals surface area contributed by atoms with Gasteiger partial charge in [0.15, 0.2) is 0 Å². The van der Waals surface area contributed by atoms with E-state index >= 15 is 0 Å². The average molecular weight is 373 g/mol. The summed E-state index contributed by atoms with van der Waals surface area (Å²) < 4.78 is 91.0. The minimum Gasteiger partial charge on any atom is -0.274 e. The average Bonchev–Trinajstić information content (AvgIpc) is 2.44.